The molecule has 1 saturated heterocycles. The standard InChI is InChI=1S/C21H28ClN3O2S/c1-24-5-7-25(8-6-24)18(20-4-2-11-28-20)15-23-14-16-12-17(22)21-19(13-16)26-9-3-10-27-21/h2,4,11-13,18,23H,3,5-10,14-15H2,1H3/t18-/m0/s1. The largest absolute Gasteiger partial charge is 0.489 e. The van der Waals surface area contributed by atoms with E-state index in [0.717, 1.165) is 57.0 Å². The summed E-state index contributed by atoms with van der Waals surface area (Å²) in [5.41, 5.74) is 1.12. The van der Waals surface area contributed by atoms with Crippen molar-refractivity contribution in [2.45, 2.75) is 19.0 Å². The average Bonchev–Trinajstić information content (AvgIpc) is 3.11. The van der Waals surface area contributed by atoms with Gasteiger partial charge in [0.25, 0.3) is 0 Å². The Hall–Kier alpha value is -1.31. The van der Waals surface area contributed by atoms with Crippen LogP contribution in [0.4, 0.5) is 0 Å². The van der Waals surface area contributed by atoms with Crippen LogP contribution in [0.3, 0.4) is 0 Å². The van der Waals surface area contributed by atoms with Gasteiger partial charge in [0.1, 0.15) is 0 Å². The highest BCUT2D eigenvalue weighted by molar-refractivity contribution is 7.10. The molecule has 28 heavy (non-hydrogen) atoms. The van der Waals surface area contributed by atoms with Crippen molar-refractivity contribution >= 4 is 22.9 Å². The highest BCUT2D eigenvalue weighted by Gasteiger charge is 2.24. The molecule has 0 radical (unpaired) electrons. The zero-order valence-corrected chi connectivity index (χ0v) is 17.9. The molecule has 1 aromatic heterocycles. The van der Waals surface area contributed by atoms with E-state index in [1.807, 2.05) is 17.4 Å². The van der Waals surface area contributed by atoms with Crippen molar-refractivity contribution in [1.29, 1.82) is 0 Å². The van der Waals surface area contributed by atoms with Crippen molar-refractivity contribution in [3.05, 3.63) is 45.1 Å². The van der Waals surface area contributed by atoms with Crippen LogP contribution in [0, 0.1) is 0 Å². The highest BCUT2D eigenvalue weighted by Crippen LogP contribution is 2.38. The summed E-state index contributed by atoms with van der Waals surface area (Å²) >= 11 is 8.28. The topological polar surface area (TPSA) is 37.0 Å². The van der Waals surface area contributed by atoms with Crippen molar-refractivity contribution in [1.82, 2.24) is 15.1 Å². The second-order valence-electron chi connectivity index (χ2n) is 7.46. The summed E-state index contributed by atoms with van der Waals surface area (Å²) in [5.74, 6) is 1.44. The van der Waals surface area contributed by atoms with Gasteiger partial charge in [0.05, 0.1) is 24.3 Å². The van der Waals surface area contributed by atoms with Gasteiger partial charge in [-0.1, -0.05) is 17.7 Å². The zero-order valence-electron chi connectivity index (χ0n) is 16.3. The first kappa shape index (κ1) is 20.0. The van der Waals surface area contributed by atoms with Gasteiger partial charge in [0.2, 0.25) is 0 Å². The maximum Gasteiger partial charge on any atom is 0.179 e. The minimum Gasteiger partial charge on any atom is -0.489 e. The second kappa shape index (κ2) is 9.46. The molecule has 5 nitrogen and oxygen atoms in total. The van der Waals surface area contributed by atoms with E-state index >= 15 is 0 Å². The molecule has 0 saturated carbocycles. The number of halogens is 1. The van der Waals surface area contributed by atoms with Crippen LogP contribution < -0.4 is 14.8 Å². The Morgan fingerprint density at radius 3 is 2.79 bits per heavy atom. The van der Waals surface area contributed by atoms with E-state index in [0.29, 0.717) is 30.0 Å². The van der Waals surface area contributed by atoms with E-state index < -0.39 is 0 Å². The molecule has 2 aromatic rings. The zero-order chi connectivity index (χ0) is 19.3. The molecule has 1 N–H and O–H groups in total. The fraction of sp³-hybridized carbons (Fsp3) is 0.524. The van der Waals surface area contributed by atoms with Crippen LogP contribution in [-0.2, 0) is 6.54 Å². The van der Waals surface area contributed by atoms with E-state index in [1.165, 1.54) is 4.88 Å². The quantitative estimate of drug-likeness (QED) is 0.770. The van der Waals surface area contributed by atoms with E-state index in [1.54, 1.807) is 0 Å². The van der Waals surface area contributed by atoms with Crippen molar-refractivity contribution in [2.24, 2.45) is 0 Å². The van der Waals surface area contributed by atoms with Crippen molar-refractivity contribution in [3.8, 4) is 11.5 Å². The molecular weight excluding hydrogens is 394 g/mol. The van der Waals surface area contributed by atoms with Crippen molar-refractivity contribution < 1.29 is 9.47 Å². The first-order chi connectivity index (χ1) is 13.7. The molecule has 0 unspecified atom stereocenters. The molecule has 0 amide bonds. The van der Waals surface area contributed by atoms with Gasteiger partial charge in [-0.2, -0.15) is 0 Å². The minimum absolute atomic E-state index is 0.407. The van der Waals surface area contributed by atoms with E-state index in [4.69, 9.17) is 21.1 Å². The van der Waals surface area contributed by atoms with Gasteiger partial charge < -0.3 is 19.7 Å². The number of fused-ring (bicyclic) bond motifs is 1. The summed E-state index contributed by atoms with van der Waals surface area (Å²) in [6.45, 7) is 7.46. The number of benzene rings is 1. The number of likely N-dealkylation sites (N-methyl/N-ethyl adjacent to an activating group) is 1. The first-order valence-electron chi connectivity index (χ1n) is 9.95. The lowest BCUT2D eigenvalue weighted by atomic mass is 10.1. The Balaban J connectivity index is 1.41. The number of thiophene rings is 1. The summed E-state index contributed by atoms with van der Waals surface area (Å²) in [6.07, 6.45) is 0.881. The molecule has 0 spiro atoms. The lowest BCUT2D eigenvalue weighted by Gasteiger charge is -2.37. The lowest BCUT2D eigenvalue weighted by Crippen LogP contribution is -2.47. The minimum atomic E-state index is 0.407. The third-order valence-electron chi connectivity index (χ3n) is 5.38. The van der Waals surface area contributed by atoms with Crippen LogP contribution in [0.25, 0.3) is 0 Å². The van der Waals surface area contributed by atoms with Gasteiger partial charge in [-0.15, -0.1) is 11.3 Å². The Labute approximate surface area is 176 Å². The molecule has 1 atom stereocenters. The van der Waals surface area contributed by atoms with Gasteiger partial charge in [0, 0.05) is 50.6 Å². The molecule has 0 bridgehead atoms. The number of hydrogen-bond donors (Lipinski definition) is 1. The highest BCUT2D eigenvalue weighted by atomic mass is 35.5. The Bertz CT molecular complexity index is 763. The lowest BCUT2D eigenvalue weighted by molar-refractivity contribution is 0.111. The van der Waals surface area contributed by atoms with Gasteiger partial charge in [-0.05, 0) is 36.2 Å². The Kier molecular flexibility index (Phi) is 6.75. The van der Waals surface area contributed by atoms with Crippen molar-refractivity contribution in [2.75, 3.05) is 53.0 Å². The maximum absolute atomic E-state index is 6.43. The fourth-order valence-corrected chi connectivity index (χ4v) is 4.91. The second-order valence-corrected chi connectivity index (χ2v) is 8.84. The SMILES string of the molecule is CN1CCN([C@@H](CNCc2cc(Cl)c3c(c2)OCCCO3)c2cccs2)CC1. The monoisotopic (exact) mass is 421 g/mol. The molecule has 2 aliphatic heterocycles. The van der Waals surface area contributed by atoms with E-state index in [9.17, 15) is 0 Å². The molecule has 3 heterocycles. The smallest absolute Gasteiger partial charge is 0.179 e. The third kappa shape index (κ3) is 4.81. The Morgan fingerprint density at radius 2 is 2.00 bits per heavy atom. The average molecular weight is 422 g/mol. The molecule has 7 heteroatoms. The molecule has 4 rings (SSSR count). The van der Waals surface area contributed by atoms with Crippen LogP contribution in [0.1, 0.15) is 22.9 Å². The summed E-state index contributed by atoms with van der Waals surface area (Å²) in [4.78, 5) is 6.42. The van der Waals surface area contributed by atoms with Crippen LogP contribution in [-0.4, -0.2) is 62.8 Å². The molecule has 1 aromatic carbocycles. The molecule has 1 fully saturated rings. The van der Waals surface area contributed by atoms with Crippen molar-refractivity contribution in [3.63, 3.8) is 0 Å². The van der Waals surface area contributed by atoms with Crippen LogP contribution >= 0.6 is 22.9 Å². The summed E-state index contributed by atoms with van der Waals surface area (Å²) in [5, 5.41) is 6.44. The first-order valence-corrected chi connectivity index (χ1v) is 11.2. The number of nitrogens with zero attached hydrogens (tertiary/aromatic N) is 2. The number of hydrogen-bond acceptors (Lipinski definition) is 6. The third-order valence-corrected chi connectivity index (χ3v) is 6.63. The number of nitrogens with one attached hydrogen (secondary N) is 1. The fourth-order valence-electron chi connectivity index (χ4n) is 3.76. The normalized spacial score (nSPS) is 19.4. The van der Waals surface area contributed by atoms with Gasteiger partial charge >= 0.3 is 0 Å². The van der Waals surface area contributed by atoms with Gasteiger partial charge in [-0.25, -0.2) is 0 Å². The number of piperazine rings is 1. The van der Waals surface area contributed by atoms with Crippen LogP contribution in [0.2, 0.25) is 5.02 Å². The molecule has 152 valence electrons. The summed E-state index contributed by atoms with van der Waals surface area (Å²) in [7, 11) is 2.20. The summed E-state index contributed by atoms with van der Waals surface area (Å²) < 4.78 is 11.5. The van der Waals surface area contributed by atoms with Crippen LogP contribution in [0.15, 0.2) is 29.6 Å². The molecule has 2 aliphatic rings. The molecule has 0 aliphatic carbocycles. The van der Waals surface area contributed by atoms with E-state index in [2.05, 4.69) is 45.7 Å². The maximum atomic E-state index is 6.43. The van der Waals surface area contributed by atoms with E-state index in [-0.39, 0.29) is 0 Å². The number of ether oxygens (including phenoxy) is 2. The molecular formula is C21H28ClN3O2S. The number of rotatable bonds is 6. The predicted molar refractivity (Wildman–Crippen MR) is 115 cm³/mol. The Morgan fingerprint density at radius 1 is 1.18 bits per heavy atom. The predicted octanol–water partition coefficient (Wildman–Crippen LogP) is 3.64. The van der Waals surface area contributed by atoms with Gasteiger partial charge in [-0.3, -0.25) is 4.90 Å². The van der Waals surface area contributed by atoms with Gasteiger partial charge in [0.15, 0.2) is 11.5 Å². The van der Waals surface area contributed by atoms with Crippen LogP contribution in [0.5, 0.6) is 11.5 Å². The summed E-state index contributed by atoms with van der Waals surface area (Å²) in [6, 6.07) is 8.84.